The summed E-state index contributed by atoms with van der Waals surface area (Å²) in [6, 6.07) is 10.6. The highest BCUT2D eigenvalue weighted by atomic mass is 79.9. The van der Waals surface area contributed by atoms with Crippen LogP contribution in [0.1, 0.15) is 31.9 Å². The lowest BCUT2D eigenvalue weighted by Crippen LogP contribution is -2.29. The van der Waals surface area contributed by atoms with E-state index in [4.69, 9.17) is 0 Å². The predicted molar refractivity (Wildman–Crippen MR) is 112 cm³/mol. The van der Waals surface area contributed by atoms with Crippen molar-refractivity contribution in [2.45, 2.75) is 19.5 Å². The van der Waals surface area contributed by atoms with E-state index in [0.29, 0.717) is 16.1 Å². The third kappa shape index (κ3) is 3.87. The number of nitrogens with zero attached hydrogens (tertiary/aromatic N) is 4. The molecule has 142 valence electrons. The second kappa shape index (κ2) is 7.87. The standard InChI is InChI=1S/C20H18BrN5OS/c1-25-11-14(9-23-25)19(27)24-20-17(8-22)16-6-7-26(12-18(16)28-20)10-13-2-4-15(21)5-3-13/h2-5,9,11H,6-7,10,12H2,1H3,(H,24,27). The van der Waals surface area contributed by atoms with Crippen LogP contribution >= 0.6 is 27.3 Å². The van der Waals surface area contributed by atoms with Gasteiger partial charge in [-0.25, -0.2) is 0 Å². The van der Waals surface area contributed by atoms with Gasteiger partial charge in [-0.3, -0.25) is 14.4 Å². The van der Waals surface area contributed by atoms with Crippen molar-refractivity contribution in [2.75, 3.05) is 11.9 Å². The fraction of sp³-hybridized carbons (Fsp3) is 0.250. The number of halogens is 1. The number of rotatable bonds is 4. The van der Waals surface area contributed by atoms with E-state index in [0.717, 1.165) is 41.0 Å². The molecule has 0 atom stereocenters. The Bertz CT molecular complexity index is 1060. The highest BCUT2D eigenvalue weighted by Crippen LogP contribution is 2.37. The summed E-state index contributed by atoms with van der Waals surface area (Å²) >= 11 is 4.97. The molecule has 4 rings (SSSR count). The summed E-state index contributed by atoms with van der Waals surface area (Å²) in [6.07, 6.45) is 4.00. The molecule has 2 aromatic heterocycles. The molecule has 1 aromatic carbocycles. The molecule has 3 aromatic rings. The number of carbonyl (C=O) groups excluding carboxylic acids is 1. The Hall–Kier alpha value is -2.47. The number of benzene rings is 1. The van der Waals surface area contributed by atoms with Crippen LogP contribution in [0.4, 0.5) is 5.00 Å². The minimum absolute atomic E-state index is 0.241. The number of anilines is 1. The molecule has 1 amide bonds. The molecule has 0 aliphatic carbocycles. The first-order valence-corrected chi connectivity index (χ1v) is 10.5. The van der Waals surface area contributed by atoms with E-state index < -0.39 is 0 Å². The van der Waals surface area contributed by atoms with Gasteiger partial charge in [-0.1, -0.05) is 28.1 Å². The fourth-order valence-electron chi connectivity index (χ4n) is 3.36. The molecule has 28 heavy (non-hydrogen) atoms. The normalized spacial score (nSPS) is 13.8. The van der Waals surface area contributed by atoms with Crippen molar-refractivity contribution >= 4 is 38.2 Å². The first-order valence-electron chi connectivity index (χ1n) is 8.85. The lowest BCUT2D eigenvalue weighted by atomic mass is 10.0. The topological polar surface area (TPSA) is 74.0 Å². The van der Waals surface area contributed by atoms with E-state index in [2.05, 4.69) is 61.6 Å². The average Bonchev–Trinajstić information content (AvgIpc) is 3.26. The predicted octanol–water partition coefficient (Wildman–Crippen LogP) is 3.93. The van der Waals surface area contributed by atoms with Crippen molar-refractivity contribution in [2.24, 2.45) is 7.05 Å². The lowest BCUT2D eigenvalue weighted by molar-refractivity contribution is 0.102. The fourth-order valence-corrected chi connectivity index (χ4v) is 4.86. The van der Waals surface area contributed by atoms with Gasteiger partial charge in [0.25, 0.3) is 5.91 Å². The van der Waals surface area contributed by atoms with Gasteiger partial charge in [0.05, 0.1) is 17.3 Å². The van der Waals surface area contributed by atoms with Crippen molar-refractivity contribution in [1.82, 2.24) is 14.7 Å². The summed E-state index contributed by atoms with van der Waals surface area (Å²) in [5.41, 5.74) is 3.41. The first kappa shape index (κ1) is 18.9. The summed E-state index contributed by atoms with van der Waals surface area (Å²) in [6.45, 7) is 2.54. The smallest absolute Gasteiger partial charge is 0.259 e. The number of amides is 1. The highest BCUT2D eigenvalue weighted by molar-refractivity contribution is 9.10. The quantitative estimate of drug-likeness (QED) is 0.646. The van der Waals surface area contributed by atoms with Gasteiger partial charge < -0.3 is 5.32 Å². The van der Waals surface area contributed by atoms with Gasteiger partial charge in [0.1, 0.15) is 11.1 Å². The zero-order valence-electron chi connectivity index (χ0n) is 15.3. The monoisotopic (exact) mass is 455 g/mol. The average molecular weight is 456 g/mol. The molecular weight excluding hydrogens is 438 g/mol. The van der Waals surface area contributed by atoms with E-state index in [1.165, 1.54) is 23.1 Å². The van der Waals surface area contributed by atoms with Crippen LogP contribution in [-0.2, 0) is 26.6 Å². The molecule has 3 heterocycles. The van der Waals surface area contributed by atoms with Crippen molar-refractivity contribution in [1.29, 1.82) is 5.26 Å². The minimum atomic E-state index is -0.241. The van der Waals surface area contributed by atoms with Crippen LogP contribution in [-0.4, -0.2) is 27.1 Å². The SMILES string of the molecule is Cn1cc(C(=O)Nc2sc3c(c2C#N)CCN(Cc2ccc(Br)cc2)C3)cn1. The highest BCUT2D eigenvalue weighted by Gasteiger charge is 2.25. The van der Waals surface area contributed by atoms with Crippen molar-refractivity contribution in [3.63, 3.8) is 0 Å². The number of nitriles is 1. The van der Waals surface area contributed by atoms with Gasteiger partial charge in [0, 0.05) is 42.2 Å². The summed E-state index contributed by atoms with van der Waals surface area (Å²) in [5.74, 6) is -0.241. The van der Waals surface area contributed by atoms with Crippen molar-refractivity contribution < 1.29 is 4.79 Å². The summed E-state index contributed by atoms with van der Waals surface area (Å²) in [4.78, 5) is 16.0. The maximum Gasteiger partial charge on any atom is 0.259 e. The van der Waals surface area contributed by atoms with E-state index in [1.54, 1.807) is 17.9 Å². The molecule has 0 fully saturated rings. The number of aryl methyl sites for hydroxylation is 1. The molecular formula is C20H18BrN5OS. The second-order valence-electron chi connectivity index (χ2n) is 6.76. The maximum atomic E-state index is 12.5. The van der Waals surface area contributed by atoms with Gasteiger partial charge >= 0.3 is 0 Å². The number of nitrogens with one attached hydrogen (secondary N) is 1. The van der Waals surface area contributed by atoms with Crippen LogP contribution in [0.5, 0.6) is 0 Å². The molecule has 8 heteroatoms. The van der Waals surface area contributed by atoms with E-state index in [9.17, 15) is 10.1 Å². The lowest BCUT2D eigenvalue weighted by Gasteiger charge is -2.26. The summed E-state index contributed by atoms with van der Waals surface area (Å²) < 4.78 is 2.66. The van der Waals surface area contributed by atoms with Crippen LogP contribution in [0.25, 0.3) is 0 Å². The second-order valence-corrected chi connectivity index (χ2v) is 8.78. The number of carbonyl (C=O) groups is 1. The third-order valence-electron chi connectivity index (χ3n) is 4.76. The van der Waals surface area contributed by atoms with Crippen molar-refractivity contribution in [3.05, 3.63) is 68.3 Å². The number of thiophene rings is 1. The van der Waals surface area contributed by atoms with Crippen molar-refractivity contribution in [3.8, 4) is 6.07 Å². The molecule has 0 radical (unpaired) electrons. The number of hydrogen-bond donors (Lipinski definition) is 1. The van der Waals surface area contributed by atoms with E-state index in [-0.39, 0.29) is 5.91 Å². The largest absolute Gasteiger partial charge is 0.312 e. The molecule has 0 saturated carbocycles. The van der Waals surface area contributed by atoms with Crippen LogP contribution in [0, 0.1) is 11.3 Å². The Morgan fingerprint density at radius 1 is 1.39 bits per heavy atom. The molecule has 0 unspecified atom stereocenters. The molecule has 1 aliphatic rings. The molecule has 0 spiro atoms. The molecule has 0 saturated heterocycles. The summed E-state index contributed by atoms with van der Waals surface area (Å²) in [7, 11) is 1.77. The molecule has 6 nitrogen and oxygen atoms in total. The molecule has 0 bridgehead atoms. The molecule has 1 N–H and O–H groups in total. The van der Waals surface area contributed by atoms with E-state index >= 15 is 0 Å². The van der Waals surface area contributed by atoms with Crippen LogP contribution in [0.15, 0.2) is 41.1 Å². The number of fused-ring (bicyclic) bond motifs is 1. The Kier molecular flexibility index (Phi) is 5.31. The number of hydrogen-bond acceptors (Lipinski definition) is 5. The maximum absolute atomic E-state index is 12.5. The van der Waals surface area contributed by atoms with Gasteiger partial charge in [-0.15, -0.1) is 11.3 Å². The van der Waals surface area contributed by atoms with Gasteiger partial charge in [0.15, 0.2) is 0 Å². The zero-order chi connectivity index (χ0) is 19.7. The van der Waals surface area contributed by atoms with Crippen LogP contribution < -0.4 is 5.32 Å². The zero-order valence-corrected chi connectivity index (χ0v) is 17.7. The minimum Gasteiger partial charge on any atom is -0.312 e. The van der Waals surface area contributed by atoms with Crippen LogP contribution in [0.3, 0.4) is 0 Å². The van der Waals surface area contributed by atoms with Crippen LogP contribution in [0.2, 0.25) is 0 Å². The van der Waals surface area contributed by atoms with Gasteiger partial charge in [-0.2, -0.15) is 10.4 Å². The summed E-state index contributed by atoms with van der Waals surface area (Å²) in [5, 5.41) is 17.2. The Balaban J connectivity index is 1.51. The Morgan fingerprint density at radius 3 is 2.86 bits per heavy atom. The van der Waals surface area contributed by atoms with Gasteiger partial charge in [0.2, 0.25) is 0 Å². The first-order chi connectivity index (χ1) is 13.5. The Morgan fingerprint density at radius 2 is 2.18 bits per heavy atom. The molecule has 1 aliphatic heterocycles. The third-order valence-corrected chi connectivity index (χ3v) is 6.42. The number of aromatic nitrogens is 2. The van der Waals surface area contributed by atoms with Gasteiger partial charge in [-0.05, 0) is 29.7 Å². The van der Waals surface area contributed by atoms with E-state index in [1.807, 2.05) is 0 Å². The Labute approximate surface area is 175 Å².